The Labute approximate surface area is 173 Å². The van der Waals surface area contributed by atoms with E-state index in [1.807, 2.05) is 12.1 Å². The third kappa shape index (κ3) is 4.79. The molecular weight excluding hydrogens is 392 g/mol. The van der Waals surface area contributed by atoms with Crippen molar-refractivity contribution in [1.29, 1.82) is 0 Å². The normalized spacial score (nSPS) is 11.2. The molecule has 0 saturated heterocycles. The Kier molecular flexibility index (Phi) is 7.21. The Balaban J connectivity index is 1.65. The van der Waals surface area contributed by atoms with Crippen molar-refractivity contribution < 1.29 is 0 Å². The van der Waals surface area contributed by atoms with Gasteiger partial charge in [0, 0.05) is 24.3 Å². The fourth-order valence-corrected chi connectivity index (χ4v) is 4.54. The summed E-state index contributed by atoms with van der Waals surface area (Å²) in [5.74, 6) is 15.4. The SMILES string of the molecule is CCCc1nnc(SCc2ccccc2CSc2nnc(CCC)n2N)n1N. The van der Waals surface area contributed by atoms with Crippen molar-refractivity contribution in [2.45, 2.75) is 61.3 Å². The maximum atomic E-state index is 6.10. The van der Waals surface area contributed by atoms with Crippen molar-refractivity contribution in [2.75, 3.05) is 11.7 Å². The number of benzene rings is 1. The summed E-state index contributed by atoms with van der Waals surface area (Å²) in [6, 6.07) is 8.35. The van der Waals surface area contributed by atoms with Gasteiger partial charge in [-0.25, -0.2) is 9.35 Å². The molecule has 3 rings (SSSR count). The zero-order valence-corrected chi connectivity index (χ0v) is 17.8. The van der Waals surface area contributed by atoms with E-state index in [1.165, 1.54) is 11.1 Å². The predicted octanol–water partition coefficient (Wildman–Crippen LogP) is 2.79. The van der Waals surface area contributed by atoms with E-state index in [2.05, 4.69) is 46.4 Å². The second-order valence-electron chi connectivity index (χ2n) is 6.38. The summed E-state index contributed by atoms with van der Waals surface area (Å²) in [5, 5.41) is 18.2. The molecule has 0 aliphatic heterocycles. The number of hydrogen-bond acceptors (Lipinski definition) is 8. The van der Waals surface area contributed by atoms with E-state index in [-0.39, 0.29) is 0 Å². The molecule has 10 heteroatoms. The van der Waals surface area contributed by atoms with Gasteiger partial charge in [0.25, 0.3) is 0 Å². The largest absolute Gasteiger partial charge is 0.336 e. The summed E-state index contributed by atoms with van der Waals surface area (Å²) < 4.78 is 3.19. The highest BCUT2D eigenvalue weighted by atomic mass is 32.2. The van der Waals surface area contributed by atoms with E-state index < -0.39 is 0 Å². The fourth-order valence-electron chi connectivity index (χ4n) is 2.72. The number of nitrogens with two attached hydrogens (primary N) is 2. The van der Waals surface area contributed by atoms with E-state index in [4.69, 9.17) is 11.7 Å². The van der Waals surface area contributed by atoms with Crippen molar-refractivity contribution in [3.63, 3.8) is 0 Å². The first kappa shape index (κ1) is 20.5. The number of rotatable bonds is 10. The number of aryl methyl sites for hydroxylation is 2. The van der Waals surface area contributed by atoms with E-state index >= 15 is 0 Å². The molecule has 0 saturated carbocycles. The highest BCUT2D eigenvalue weighted by Gasteiger charge is 2.13. The van der Waals surface area contributed by atoms with E-state index in [9.17, 15) is 0 Å². The smallest absolute Gasteiger partial charge is 0.210 e. The van der Waals surface area contributed by atoms with Crippen LogP contribution in [-0.4, -0.2) is 29.7 Å². The lowest BCUT2D eigenvalue weighted by atomic mass is 10.1. The molecule has 0 bridgehead atoms. The summed E-state index contributed by atoms with van der Waals surface area (Å²) in [6.07, 6.45) is 3.64. The summed E-state index contributed by atoms with van der Waals surface area (Å²) in [5.41, 5.74) is 2.47. The van der Waals surface area contributed by atoms with Crippen LogP contribution in [0.15, 0.2) is 34.6 Å². The molecule has 0 spiro atoms. The molecule has 2 aromatic heterocycles. The maximum absolute atomic E-state index is 6.10. The van der Waals surface area contributed by atoms with Gasteiger partial charge in [-0.3, -0.25) is 0 Å². The maximum Gasteiger partial charge on any atom is 0.210 e. The Morgan fingerprint density at radius 2 is 1.18 bits per heavy atom. The molecule has 0 fully saturated rings. The average molecular weight is 419 g/mol. The van der Waals surface area contributed by atoms with E-state index in [0.717, 1.165) is 59.2 Å². The van der Waals surface area contributed by atoms with Gasteiger partial charge in [-0.1, -0.05) is 61.6 Å². The molecule has 4 N–H and O–H groups in total. The van der Waals surface area contributed by atoms with Gasteiger partial charge in [0.2, 0.25) is 10.3 Å². The molecule has 0 amide bonds. The quantitative estimate of drug-likeness (QED) is 0.382. The van der Waals surface area contributed by atoms with Gasteiger partial charge in [0.05, 0.1) is 0 Å². The first-order valence-electron chi connectivity index (χ1n) is 9.35. The molecule has 0 unspecified atom stereocenters. The molecule has 28 heavy (non-hydrogen) atoms. The van der Waals surface area contributed by atoms with E-state index in [0.29, 0.717) is 0 Å². The van der Waals surface area contributed by atoms with Crippen LogP contribution in [0.4, 0.5) is 0 Å². The van der Waals surface area contributed by atoms with Crippen molar-refractivity contribution in [3.05, 3.63) is 47.0 Å². The second-order valence-corrected chi connectivity index (χ2v) is 8.27. The highest BCUT2D eigenvalue weighted by molar-refractivity contribution is 7.98. The number of aromatic nitrogens is 6. The van der Waals surface area contributed by atoms with Crippen LogP contribution in [0.1, 0.15) is 49.5 Å². The number of nitrogens with zero attached hydrogens (tertiary/aromatic N) is 6. The number of nitrogen functional groups attached to an aromatic ring is 2. The van der Waals surface area contributed by atoms with Gasteiger partial charge in [-0.05, 0) is 24.0 Å². The van der Waals surface area contributed by atoms with Crippen molar-refractivity contribution in [1.82, 2.24) is 29.7 Å². The van der Waals surface area contributed by atoms with Gasteiger partial charge in [-0.15, -0.1) is 20.4 Å². The van der Waals surface area contributed by atoms with Gasteiger partial charge in [0.1, 0.15) is 0 Å². The lowest BCUT2D eigenvalue weighted by molar-refractivity contribution is 0.756. The Hall–Kier alpha value is -2.20. The fraction of sp³-hybridized carbons (Fsp3) is 0.444. The third-order valence-electron chi connectivity index (χ3n) is 4.25. The molecular formula is C18H26N8S2. The topological polar surface area (TPSA) is 113 Å². The van der Waals surface area contributed by atoms with Crippen LogP contribution in [0.5, 0.6) is 0 Å². The average Bonchev–Trinajstić information content (AvgIpc) is 3.23. The van der Waals surface area contributed by atoms with Gasteiger partial charge >= 0.3 is 0 Å². The van der Waals surface area contributed by atoms with Crippen LogP contribution in [0.2, 0.25) is 0 Å². The van der Waals surface area contributed by atoms with Crippen molar-refractivity contribution in [3.8, 4) is 0 Å². The second kappa shape index (κ2) is 9.83. The number of thioether (sulfide) groups is 2. The Morgan fingerprint density at radius 1 is 0.750 bits per heavy atom. The molecule has 1 aromatic carbocycles. The monoisotopic (exact) mass is 418 g/mol. The molecule has 8 nitrogen and oxygen atoms in total. The predicted molar refractivity (Wildman–Crippen MR) is 114 cm³/mol. The summed E-state index contributed by atoms with van der Waals surface area (Å²) >= 11 is 3.19. The van der Waals surface area contributed by atoms with Gasteiger partial charge < -0.3 is 11.7 Å². The minimum absolute atomic E-state index is 0.733. The molecule has 0 aliphatic rings. The van der Waals surface area contributed by atoms with Crippen LogP contribution < -0.4 is 11.7 Å². The van der Waals surface area contributed by atoms with Crippen molar-refractivity contribution >= 4 is 23.5 Å². The van der Waals surface area contributed by atoms with E-state index in [1.54, 1.807) is 32.9 Å². The summed E-state index contributed by atoms with van der Waals surface area (Å²) in [4.78, 5) is 0. The Morgan fingerprint density at radius 3 is 1.57 bits per heavy atom. The lowest BCUT2D eigenvalue weighted by Crippen LogP contribution is -2.14. The van der Waals surface area contributed by atoms with Crippen LogP contribution in [0.25, 0.3) is 0 Å². The van der Waals surface area contributed by atoms with Gasteiger partial charge in [0.15, 0.2) is 11.6 Å². The first-order chi connectivity index (χ1) is 13.6. The van der Waals surface area contributed by atoms with Crippen LogP contribution in [-0.2, 0) is 24.3 Å². The van der Waals surface area contributed by atoms with Gasteiger partial charge in [-0.2, -0.15) is 0 Å². The minimum Gasteiger partial charge on any atom is -0.336 e. The Bertz CT molecular complexity index is 832. The van der Waals surface area contributed by atoms with Crippen LogP contribution >= 0.6 is 23.5 Å². The number of hydrogen-bond donors (Lipinski definition) is 2. The van der Waals surface area contributed by atoms with Crippen LogP contribution in [0.3, 0.4) is 0 Å². The molecule has 0 radical (unpaired) electrons. The lowest BCUT2D eigenvalue weighted by Gasteiger charge is -2.09. The summed E-state index contributed by atoms with van der Waals surface area (Å²) in [6.45, 7) is 4.20. The minimum atomic E-state index is 0.733. The highest BCUT2D eigenvalue weighted by Crippen LogP contribution is 2.27. The molecule has 0 atom stereocenters. The van der Waals surface area contributed by atoms with Crippen LogP contribution in [0, 0.1) is 0 Å². The molecule has 0 aliphatic carbocycles. The third-order valence-corrected chi connectivity index (χ3v) is 6.23. The molecule has 3 aromatic rings. The van der Waals surface area contributed by atoms with Crippen molar-refractivity contribution in [2.24, 2.45) is 0 Å². The first-order valence-corrected chi connectivity index (χ1v) is 11.3. The molecule has 150 valence electrons. The summed E-state index contributed by atoms with van der Waals surface area (Å²) in [7, 11) is 0. The molecule has 2 heterocycles. The standard InChI is InChI=1S/C18H26N8S2/c1-3-7-15-21-23-17(25(15)19)27-11-13-9-5-6-10-14(13)12-28-18-24-22-16(8-4-2)26(18)20/h5-6,9-10H,3-4,7-8,11-12,19-20H2,1-2H3. The zero-order valence-electron chi connectivity index (χ0n) is 16.2. The zero-order chi connectivity index (χ0) is 19.9.